The molecular formula is C24H18ClF2NO2. The van der Waals surface area contributed by atoms with Crippen LogP contribution in [0.3, 0.4) is 0 Å². The third kappa shape index (κ3) is 4.97. The van der Waals surface area contributed by atoms with Gasteiger partial charge in [-0.05, 0) is 42.8 Å². The molecule has 3 aromatic carbocycles. The molecule has 152 valence electrons. The first-order valence-corrected chi connectivity index (χ1v) is 9.60. The van der Waals surface area contributed by atoms with Gasteiger partial charge in [-0.2, -0.15) is 5.26 Å². The van der Waals surface area contributed by atoms with Crippen molar-refractivity contribution in [3.8, 4) is 17.6 Å². The summed E-state index contributed by atoms with van der Waals surface area (Å²) in [7, 11) is 0. The van der Waals surface area contributed by atoms with Crippen LogP contribution in [0.15, 0.2) is 60.7 Å². The van der Waals surface area contributed by atoms with E-state index in [0.29, 0.717) is 23.5 Å². The van der Waals surface area contributed by atoms with E-state index in [1.807, 2.05) is 6.07 Å². The number of hydrogen-bond acceptors (Lipinski definition) is 3. The molecule has 6 heteroatoms. The molecule has 3 nitrogen and oxygen atoms in total. The highest BCUT2D eigenvalue weighted by Crippen LogP contribution is 2.38. The van der Waals surface area contributed by atoms with Crippen LogP contribution in [-0.2, 0) is 6.61 Å². The van der Waals surface area contributed by atoms with Crippen molar-refractivity contribution < 1.29 is 18.3 Å². The minimum Gasteiger partial charge on any atom is -0.490 e. The second kappa shape index (κ2) is 9.91. The number of benzene rings is 3. The maximum atomic E-state index is 14.1. The van der Waals surface area contributed by atoms with Gasteiger partial charge in [0.2, 0.25) is 0 Å². The lowest BCUT2D eigenvalue weighted by molar-refractivity contribution is 0.266. The van der Waals surface area contributed by atoms with Crippen molar-refractivity contribution in [2.75, 3.05) is 6.61 Å². The summed E-state index contributed by atoms with van der Waals surface area (Å²) < 4.78 is 39.3. The topological polar surface area (TPSA) is 42.2 Å². The fraction of sp³-hybridized carbons (Fsp3) is 0.125. The highest BCUT2D eigenvalue weighted by Gasteiger charge is 2.15. The zero-order valence-electron chi connectivity index (χ0n) is 16.2. The maximum absolute atomic E-state index is 14.1. The molecule has 0 bridgehead atoms. The Morgan fingerprint density at radius 1 is 1.03 bits per heavy atom. The molecule has 0 fully saturated rings. The van der Waals surface area contributed by atoms with E-state index < -0.39 is 5.82 Å². The van der Waals surface area contributed by atoms with Crippen LogP contribution in [-0.4, -0.2) is 6.61 Å². The summed E-state index contributed by atoms with van der Waals surface area (Å²) in [6, 6.07) is 17.5. The highest BCUT2D eigenvalue weighted by atomic mass is 35.5. The third-order valence-corrected chi connectivity index (χ3v) is 4.54. The summed E-state index contributed by atoms with van der Waals surface area (Å²) >= 11 is 6.40. The maximum Gasteiger partial charge on any atom is 0.180 e. The van der Waals surface area contributed by atoms with Gasteiger partial charge in [0.15, 0.2) is 11.5 Å². The van der Waals surface area contributed by atoms with Crippen molar-refractivity contribution in [3.05, 3.63) is 94.0 Å². The Kier molecular flexibility index (Phi) is 7.05. The van der Waals surface area contributed by atoms with E-state index in [1.54, 1.807) is 49.4 Å². The van der Waals surface area contributed by atoms with E-state index >= 15 is 0 Å². The van der Waals surface area contributed by atoms with Gasteiger partial charge in [-0.15, -0.1) is 0 Å². The number of rotatable bonds is 7. The lowest BCUT2D eigenvalue weighted by Crippen LogP contribution is -2.02. The molecule has 0 atom stereocenters. The molecule has 0 unspecified atom stereocenters. The average molecular weight is 426 g/mol. The number of allylic oxidation sites excluding steroid dienone is 1. The second-order valence-corrected chi connectivity index (χ2v) is 6.70. The van der Waals surface area contributed by atoms with Crippen LogP contribution < -0.4 is 9.47 Å². The summed E-state index contributed by atoms with van der Waals surface area (Å²) in [5, 5.41) is 9.72. The van der Waals surface area contributed by atoms with Crippen molar-refractivity contribution >= 4 is 23.3 Å². The van der Waals surface area contributed by atoms with Gasteiger partial charge < -0.3 is 9.47 Å². The molecule has 3 aromatic rings. The fourth-order valence-electron chi connectivity index (χ4n) is 2.86. The van der Waals surface area contributed by atoms with Crippen molar-refractivity contribution in [2.24, 2.45) is 0 Å². The van der Waals surface area contributed by atoms with Gasteiger partial charge in [-0.1, -0.05) is 48.0 Å². The SMILES string of the molecule is CCOc1cc(/C=C(/C#N)c2ccccc2F)cc(Cl)c1OCc1ccccc1F. The predicted octanol–water partition coefficient (Wildman–Crippen LogP) is 6.66. The quantitative estimate of drug-likeness (QED) is 0.314. The Hall–Kier alpha value is -3.36. The molecule has 0 saturated carbocycles. The van der Waals surface area contributed by atoms with Gasteiger partial charge in [-0.3, -0.25) is 0 Å². The standard InChI is InChI=1S/C24H18ClF2NO2/c1-2-29-23-13-16(11-18(14-28)19-8-4-6-10-22(19)27)12-20(25)24(23)30-15-17-7-3-5-9-21(17)26/h3-13H,2,15H2,1H3/b18-11-. The highest BCUT2D eigenvalue weighted by molar-refractivity contribution is 6.32. The first-order chi connectivity index (χ1) is 14.5. The van der Waals surface area contributed by atoms with E-state index in [1.165, 1.54) is 24.3 Å². The van der Waals surface area contributed by atoms with Crippen LogP contribution in [0.2, 0.25) is 5.02 Å². The number of nitrogens with zero attached hydrogens (tertiary/aromatic N) is 1. The van der Waals surface area contributed by atoms with Gasteiger partial charge in [0.05, 0.1) is 23.3 Å². The van der Waals surface area contributed by atoms with Crippen molar-refractivity contribution in [1.29, 1.82) is 5.26 Å². The van der Waals surface area contributed by atoms with Crippen LogP contribution in [0, 0.1) is 23.0 Å². The van der Waals surface area contributed by atoms with Gasteiger partial charge in [-0.25, -0.2) is 8.78 Å². The van der Waals surface area contributed by atoms with Crippen molar-refractivity contribution in [1.82, 2.24) is 0 Å². The molecule has 30 heavy (non-hydrogen) atoms. The third-order valence-electron chi connectivity index (χ3n) is 4.26. The summed E-state index contributed by atoms with van der Waals surface area (Å²) in [4.78, 5) is 0. The summed E-state index contributed by atoms with van der Waals surface area (Å²) in [6.45, 7) is 2.12. The number of halogens is 3. The monoisotopic (exact) mass is 425 g/mol. The minimum absolute atomic E-state index is 0.0275. The molecule has 0 aliphatic rings. The largest absolute Gasteiger partial charge is 0.490 e. The fourth-order valence-corrected chi connectivity index (χ4v) is 3.13. The molecule has 0 saturated heterocycles. The van der Waals surface area contributed by atoms with E-state index in [-0.39, 0.29) is 34.3 Å². The first-order valence-electron chi connectivity index (χ1n) is 9.22. The van der Waals surface area contributed by atoms with Gasteiger partial charge in [0.1, 0.15) is 18.2 Å². The summed E-state index contributed by atoms with van der Waals surface area (Å²) in [5.41, 5.74) is 1.26. The zero-order valence-corrected chi connectivity index (χ0v) is 16.9. The number of hydrogen-bond donors (Lipinski definition) is 0. The van der Waals surface area contributed by atoms with E-state index in [2.05, 4.69) is 0 Å². The van der Waals surface area contributed by atoms with Crippen LogP contribution in [0.4, 0.5) is 8.78 Å². The zero-order chi connectivity index (χ0) is 21.5. The van der Waals surface area contributed by atoms with E-state index in [4.69, 9.17) is 21.1 Å². The van der Waals surface area contributed by atoms with Crippen molar-refractivity contribution in [2.45, 2.75) is 13.5 Å². The van der Waals surface area contributed by atoms with Crippen LogP contribution >= 0.6 is 11.6 Å². The summed E-state index contributed by atoms with van der Waals surface area (Å²) in [6.07, 6.45) is 1.52. The molecule has 0 N–H and O–H groups in total. The summed E-state index contributed by atoms with van der Waals surface area (Å²) in [5.74, 6) is -0.261. The van der Waals surface area contributed by atoms with Crippen molar-refractivity contribution in [3.63, 3.8) is 0 Å². The Labute approximate surface area is 178 Å². The molecule has 0 aliphatic heterocycles. The molecule has 0 heterocycles. The molecule has 0 aliphatic carbocycles. The molecule has 0 amide bonds. The Morgan fingerprint density at radius 3 is 2.40 bits per heavy atom. The second-order valence-electron chi connectivity index (χ2n) is 6.29. The minimum atomic E-state index is -0.494. The lowest BCUT2D eigenvalue weighted by atomic mass is 10.0. The number of nitriles is 1. The molecule has 3 rings (SSSR count). The molecule has 0 radical (unpaired) electrons. The van der Waals surface area contributed by atoms with Crippen LogP contribution in [0.25, 0.3) is 11.6 Å². The number of ether oxygens (including phenoxy) is 2. The van der Waals surface area contributed by atoms with Gasteiger partial charge in [0.25, 0.3) is 0 Å². The Bertz CT molecular complexity index is 1120. The predicted molar refractivity (Wildman–Crippen MR) is 113 cm³/mol. The smallest absolute Gasteiger partial charge is 0.180 e. The molecule has 0 aromatic heterocycles. The van der Waals surface area contributed by atoms with E-state index in [9.17, 15) is 14.0 Å². The first kappa shape index (κ1) is 21.4. The lowest BCUT2D eigenvalue weighted by Gasteiger charge is -2.15. The molecule has 0 spiro atoms. The van der Waals surface area contributed by atoms with Gasteiger partial charge in [0, 0.05) is 11.1 Å². The Balaban J connectivity index is 1.95. The average Bonchev–Trinajstić information content (AvgIpc) is 2.73. The van der Waals surface area contributed by atoms with E-state index in [0.717, 1.165) is 0 Å². The van der Waals surface area contributed by atoms with Crippen LogP contribution in [0.1, 0.15) is 23.6 Å². The van der Waals surface area contributed by atoms with Crippen LogP contribution in [0.5, 0.6) is 11.5 Å². The van der Waals surface area contributed by atoms with Gasteiger partial charge >= 0.3 is 0 Å². The Morgan fingerprint density at radius 2 is 1.73 bits per heavy atom. The molecular weight excluding hydrogens is 408 g/mol. The normalized spacial score (nSPS) is 11.1.